The largest absolute Gasteiger partial charge is 0.352 e. The van der Waals surface area contributed by atoms with Gasteiger partial charge in [-0.25, -0.2) is 0 Å². The van der Waals surface area contributed by atoms with Gasteiger partial charge in [0.15, 0.2) is 0 Å². The van der Waals surface area contributed by atoms with Gasteiger partial charge in [0, 0.05) is 28.4 Å². The molecule has 164 valence electrons. The highest BCUT2D eigenvalue weighted by Gasteiger charge is 2.22. The van der Waals surface area contributed by atoms with Crippen LogP contribution in [-0.2, 0) is 4.79 Å². The Morgan fingerprint density at radius 1 is 1.19 bits per heavy atom. The Bertz CT molecular complexity index is 977. The summed E-state index contributed by atoms with van der Waals surface area (Å²) in [4.78, 5) is 28.0. The van der Waals surface area contributed by atoms with E-state index in [1.54, 1.807) is 18.2 Å². The van der Waals surface area contributed by atoms with Crippen LogP contribution in [0.15, 0.2) is 52.3 Å². The number of hydrogen-bond acceptors (Lipinski definition) is 3. The lowest BCUT2D eigenvalue weighted by molar-refractivity contribution is -0.879. The fourth-order valence-corrected chi connectivity index (χ4v) is 4.48. The number of carbonyl (C=O) groups is 2. The maximum absolute atomic E-state index is 12.5. The van der Waals surface area contributed by atoms with Crippen molar-refractivity contribution in [3.63, 3.8) is 0 Å². The number of benzene rings is 2. The number of halogens is 1. The molecule has 2 amide bonds. The van der Waals surface area contributed by atoms with Crippen LogP contribution in [0.5, 0.6) is 0 Å². The van der Waals surface area contributed by atoms with Crippen LogP contribution in [0.25, 0.3) is 6.08 Å². The van der Waals surface area contributed by atoms with Gasteiger partial charge in [-0.3, -0.25) is 9.59 Å². The van der Waals surface area contributed by atoms with Gasteiger partial charge in [0.25, 0.3) is 11.8 Å². The molecule has 5 nitrogen and oxygen atoms in total. The fraction of sp³-hybridized carbons (Fsp3) is 0.333. The van der Waals surface area contributed by atoms with E-state index >= 15 is 0 Å². The third-order valence-corrected chi connectivity index (χ3v) is 6.44. The summed E-state index contributed by atoms with van der Waals surface area (Å²) >= 11 is 7.42. The highest BCUT2D eigenvalue weighted by atomic mass is 35.5. The van der Waals surface area contributed by atoms with Gasteiger partial charge >= 0.3 is 0 Å². The van der Waals surface area contributed by atoms with Crippen molar-refractivity contribution in [2.45, 2.75) is 31.1 Å². The molecular weight excluding hydrogens is 430 g/mol. The zero-order chi connectivity index (χ0) is 22.2. The normalized spacial score (nSPS) is 15.3. The Balaban J connectivity index is 1.58. The summed E-state index contributed by atoms with van der Waals surface area (Å²) in [5, 5.41) is 6.50. The lowest BCUT2D eigenvalue weighted by atomic mass is 10.1. The molecule has 0 aromatic heterocycles. The molecule has 0 saturated heterocycles. The van der Waals surface area contributed by atoms with Crippen LogP contribution in [0.4, 0.5) is 5.69 Å². The van der Waals surface area contributed by atoms with Crippen LogP contribution < -0.4 is 15.5 Å². The zero-order valence-corrected chi connectivity index (χ0v) is 19.5. The Kier molecular flexibility index (Phi) is 8.58. The van der Waals surface area contributed by atoms with Crippen LogP contribution in [0, 0.1) is 0 Å². The van der Waals surface area contributed by atoms with Crippen LogP contribution in [-0.4, -0.2) is 38.5 Å². The molecule has 0 fully saturated rings. The predicted molar refractivity (Wildman–Crippen MR) is 129 cm³/mol. The number of fused-ring (bicyclic) bond motifs is 1. The van der Waals surface area contributed by atoms with Crippen molar-refractivity contribution in [3.8, 4) is 0 Å². The molecule has 0 radical (unpaired) electrons. The van der Waals surface area contributed by atoms with E-state index in [9.17, 15) is 9.59 Å². The van der Waals surface area contributed by atoms with Gasteiger partial charge in [-0.1, -0.05) is 48.8 Å². The van der Waals surface area contributed by atoms with E-state index in [0.717, 1.165) is 23.4 Å². The van der Waals surface area contributed by atoms with E-state index in [4.69, 9.17) is 11.6 Å². The summed E-state index contributed by atoms with van der Waals surface area (Å²) in [6.07, 6.45) is 5.19. The van der Waals surface area contributed by atoms with E-state index in [0.29, 0.717) is 27.7 Å². The smallest absolute Gasteiger partial charge is 0.262 e. The molecule has 2 aromatic rings. The average Bonchev–Trinajstić information content (AvgIpc) is 2.75. The molecule has 1 aliphatic rings. The highest BCUT2D eigenvalue weighted by Crippen LogP contribution is 2.39. The molecule has 0 aliphatic carbocycles. The Hall–Kier alpha value is -2.28. The minimum atomic E-state index is -0.187. The van der Waals surface area contributed by atoms with Crippen molar-refractivity contribution >= 4 is 46.9 Å². The average molecular weight is 459 g/mol. The Morgan fingerprint density at radius 3 is 2.77 bits per heavy atom. The molecular formula is C24H29ClN3O2S+. The molecule has 3 N–H and O–H groups in total. The van der Waals surface area contributed by atoms with E-state index in [1.807, 2.05) is 30.3 Å². The minimum absolute atomic E-state index is 0.117. The second-order valence-electron chi connectivity index (χ2n) is 7.75. The molecule has 0 bridgehead atoms. The number of nitrogens with one attached hydrogen (secondary N) is 3. The van der Waals surface area contributed by atoms with E-state index in [1.165, 1.54) is 36.0 Å². The number of rotatable bonds is 9. The molecule has 1 unspecified atom stereocenters. The zero-order valence-electron chi connectivity index (χ0n) is 18.0. The molecule has 1 atom stereocenters. The SMILES string of the molecule is CCCC[NH+](C)CCCNC(=O)c1ccc2c(c1)NC(=O)C(=Cc1cccc(Cl)c1)S2. The lowest BCUT2D eigenvalue weighted by Crippen LogP contribution is -3.09. The summed E-state index contributed by atoms with van der Waals surface area (Å²) in [5.74, 6) is -0.304. The van der Waals surface area contributed by atoms with Crippen molar-refractivity contribution in [1.82, 2.24) is 5.32 Å². The van der Waals surface area contributed by atoms with Crippen molar-refractivity contribution in [2.24, 2.45) is 0 Å². The van der Waals surface area contributed by atoms with Gasteiger partial charge in [0.05, 0.1) is 30.7 Å². The molecule has 1 heterocycles. The standard InChI is InChI=1S/C24H28ClN3O2S/c1-3-4-12-28(2)13-6-11-26-23(29)18-9-10-21-20(16-18)27-24(30)22(31-21)15-17-7-5-8-19(25)14-17/h5,7-10,14-16H,3-4,6,11-13H2,1-2H3,(H,26,29)(H,27,30)/p+1. The van der Waals surface area contributed by atoms with Gasteiger partial charge in [-0.2, -0.15) is 0 Å². The van der Waals surface area contributed by atoms with Crippen molar-refractivity contribution in [3.05, 3.63) is 63.5 Å². The van der Waals surface area contributed by atoms with Gasteiger partial charge in [-0.05, 0) is 48.4 Å². The van der Waals surface area contributed by atoms with Crippen LogP contribution >= 0.6 is 23.4 Å². The highest BCUT2D eigenvalue weighted by molar-refractivity contribution is 8.04. The first-order valence-corrected chi connectivity index (χ1v) is 11.9. The van der Waals surface area contributed by atoms with Gasteiger partial charge in [0.2, 0.25) is 0 Å². The quantitative estimate of drug-likeness (QED) is 0.395. The third-order valence-electron chi connectivity index (χ3n) is 5.10. The van der Waals surface area contributed by atoms with Crippen LogP contribution in [0.1, 0.15) is 42.1 Å². The number of carbonyl (C=O) groups excluding carboxylic acids is 2. The molecule has 2 aromatic carbocycles. The van der Waals surface area contributed by atoms with Crippen LogP contribution in [0.2, 0.25) is 5.02 Å². The molecule has 1 aliphatic heterocycles. The van der Waals surface area contributed by atoms with E-state index < -0.39 is 0 Å². The maximum atomic E-state index is 12.5. The number of amides is 2. The summed E-state index contributed by atoms with van der Waals surface area (Å²) < 4.78 is 0. The number of quaternary nitrogens is 1. The van der Waals surface area contributed by atoms with Gasteiger partial charge in [-0.15, -0.1) is 0 Å². The second-order valence-corrected chi connectivity index (χ2v) is 9.27. The van der Waals surface area contributed by atoms with Crippen LogP contribution in [0.3, 0.4) is 0 Å². The van der Waals surface area contributed by atoms with E-state index in [-0.39, 0.29) is 11.8 Å². The second kappa shape index (κ2) is 11.4. The Morgan fingerprint density at radius 2 is 2.00 bits per heavy atom. The van der Waals surface area contributed by atoms with Gasteiger partial charge in [0.1, 0.15) is 0 Å². The van der Waals surface area contributed by atoms with Crippen molar-refractivity contribution in [2.75, 3.05) is 32.0 Å². The summed E-state index contributed by atoms with van der Waals surface area (Å²) in [5.41, 5.74) is 2.08. The van der Waals surface area contributed by atoms with Gasteiger partial charge < -0.3 is 15.5 Å². The first-order chi connectivity index (χ1) is 15.0. The molecule has 31 heavy (non-hydrogen) atoms. The fourth-order valence-electron chi connectivity index (χ4n) is 3.35. The van der Waals surface area contributed by atoms with Crippen molar-refractivity contribution in [1.29, 1.82) is 0 Å². The third kappa shape index (κ3) is 6.86. The summed E-state index contributed by atoms with van der Waals surface area (Å²) in [6, 6.07) is 12.8. The summed E-state index contributed by atoms with van der Waals surface area (Å²) in [6.45, 7) is 5.05. The number of anilines is 1. The number of thioether (sulfide) groups is 1. The molecule has 7 heteroatoms. The molecule has 3 rings (SSSR count). The predicted octanol–water partition coefficient (Wildman–Crippen LogP) is 3.86. The Labute approximate surface area is 193 Å². The van der Waals surface area contributed by atoms with Crippen molar-refractivity contribution < 1.29 is 14.5 Å². The lowest BCUT2D eigenvalue weighted by Gasteiger charge is -2.19. The minimum Gasteiger partial charge on any atom is -0.352 e. The van der Waals surface area contributed by atoms with E-state index in [2.05, 4.69) is 24.6 Å². The topological polar surface area (TPSA) is 62.6 Å². The summed E-state index contributed by atoms with van der Waals surface area (Å²) in [7, 11) is 2.19. The molecule has 0 saturated carbocycles. The number of unbranched alkanes of at least 4 members (excludes halogenated alkanes) is 1. The maximum Gasteiger partial charge on any atom is 0.262 e. The monoisotopic (exact) mass is 458 g/mol. The number of hydrogen-bond donors (Lipinski definition) is 3. The molecule has 0 spiro atoms. The first-order valence-electron chi connectivity index (χ1n) is 10.7. The first kappa shape index (κ1) is 23.4.